The standard InChI is InChI=1S/C23H28N4O2/c1-16-12-13-20(14-17(16)2)27-25-21(15-28)22(26-27)23(29)24-18(3)8-7-11-19-9-5-4-6-10-19/h4-6,9-10,12-14,18,28H,7-8,11,15H2,1-3H3,(H,24,29)/t18-/m0/s1. The zero-order valence-corrected chi connectivity index (χ0v) is 17.2. The third-order valence-corrected chi connectivity index (χ3v) is 5.09. The molecule has 0 saturated carbocycles. The number of nitrogens with zero attached hydrogens (tertiary/aromatic N) is 3. The van der Waals surface area contributed by atoms with Crippen molar-refractivity contribution < 1.29 is 9.90 Å². The lowest BCUT2D eigenvalue weighted by molar-refractivity contribution is 0.0929. The predicted molar refractivity (Wildman–Crippen MR) is 113 cm³/mol. The number of carbonyl (C=O) groups excluding carboxylic acids is 1. The summed E-state index contributed by atoms with van der Waals surface area (Å²) in [5, 5.41) is 21.2. The van der Waals surface area contributed by atoms with Crippen LogP contribution in [0.5, 0.6) is 0 Å². The van der Waals surface area contributed by atoms with Crippen molar-refractivity contribution in [3.63, 3.8) is 0 Å². The number of hydrogen-bond donors (Lipinski definition) is 2. The van der Waals surface area contributed by atoms with Crippen LogP contribution in [0.1, 0.15) is 52.6 Å². The van der Waals surface area contributed by atoms with Gasteiger partial charge in [0.25, 0.3) is 5.91 Å². The Kier molecular flexibility index (Phi) is 6.77. The fraction of sp³-hybridized carbons (Fsp3) is 0.348. The van der Waals surface area contributed by atoms with Crippen LogP contribution in [0.25, 0.3) is 5.69 Å². The normalized spacial score (nSPS) is 12.0. The molecule has 3 rings (SSSR count). The lowest BCUT2D eigenvalue weighted by Crippen LogP contribution is -2.33. The molecular formula is C23H28N4O2. The van der Waals surface area contributed by atoms with Crippen molar-refractivity contribution in [3.8, 4) is 5.69 Å². The largest absolute Gasteiger partial charge is 0.390 e. The van der Waals surface area contributed by atoms with Crippen LogP contribution in [0.4, 0.5) is 0 Å². The van der Waals surface area contributed by atoms with E-state index >= 15 is 0 Å². The first kappa shape index (κ1) is 20.7. The Balaban J connectivity index is 1.63. The summed E-state index contributed by atoms with van der Waals surface area (Å²) in [5.74, 6) is -0.309. The summed E-state index contributed by atoms with van der Waals surface area (Å²) in [6.45, 7) is 5.69. The highest BCUT2D eigenvalue weighted by Crippen LogP contribution is 2.15. The smallest absolute Gasteiger partial charge is 0.274 e. The highest BCUT2D eigenvalue weighted by Gasteiger charge is 2.20. The molecule has 2 aromatic carbocycles. The van der Waals surface area contributed by atoms with Crippen molar-refractivity contribution in [2.45, 2.75) is 52.7 Å². The zero-order valence-electron chi connectivity index (χ0n) is 17.2. The monoisotopic (exact) mass is 392 g/mol. The van der Waals surface area contributed by atoms with Gasteiger partial charge in [0.15, 0.2) is 5.69 Å². The molecule has 0 spiro atoms. The fourth-order valence-corrected chi connectivity index (χ4v) is 3.21. The van der Waals surface area contributed by atoms with Gasteiger partial charge in [0.05, 0.1) is 12.3 Å². The molecule has 0 unspecified atom stereocenters. The van der Waals surface area contributed by atoms with Gasteiger partial charge in [-0.15, -0.1) is 10.2 Å². The maximum Gasteiger partial charge on any atom is 0.274 e. The summed E-state index contributed by atoms with van der Waals surface area (Å²) in [6, 6.07) is 16.2. The fourth-order valence-electron chi connectivity index (χ4n) is 3.21. The van der Waals surface area contributed by atoms with Gasteiger partial charge in [-0.25, -0.2) is 0 Å². The van der Waals surface area contributed by atoms with Crippen molar-refractivity contribution >= 4 is 5.91 Å². The van der Waals surface area contributed by atoms with Crippen LogP contribution in [0.2, 0.25) is 0 Å². The number of hydrogen-bond acceptors (Lipinski definition) is 4. The topological polar surface area (TPSA) is 80.0 Å². The molecule has 1 atom stereocenters. The van der Waals surface area contributed by atoms with Crippen molar-refractivity contribution in [1.82, 2.24) is 20.3 Å². The molecule has 0 radical (unpaired) electrons. The van der Waals surface area contributed by atoms with E-state index in [-0.39, 0.29) is 29.9 Å². The number of aryl methyl sites for hydroxylation is 3. The Morgan fingerprint density at radius 3 is 2.55 bits per heavy atom. The zero-order chi connectivity index (χ0) is 20.8. The van der Waals surface area contributed by atoms with Gasteiger partial charge in [-0.2, -0.15) is 4.80 Å². The van der Waals surface area contributed by atoms with E-state index in [1.807, 2.05) is 57.2 Å². The second kappa shape index (κ2) is 9.47. The molecule has 0 saturated heterocycles. The predicted octanol–water partition coefficient (Wildman–Crippen LogP) is 3.52. The number of nitrogens with one attached hydrogen (secondary N) is 1. The van der Waals surface area contributed by atoms with Gasteiger partial charge in [-0.3, -0.25) is 4.79 Å². The lowest BCUT2D eigenvalue weighted by atomic mass is 10.1. The first-order valence-corrected chi connectivity index (χ1v) is 9.97. The van der Waals surface area contributed by atoms with Gasteiger partial charge >= 0.3 is 0 Å². The molecule has 152 valence electrons. The number of rotatable bonds is 8. The van der Waals surface area contributed by atoms with E-state index in [4.69, 9.17) is 0 Å². The second-order valence-electron chi connectivity index (χ2n) is 7.46. The van der Waals surface area contributed by atoms with Gasteiger partial charge in [0.1, 0.15) is 5.69 Å². The van der Waals surface area contributed by atoms with E-state index in [0.29, 0.717) is 0 Å². The molecule has 6 nitrogen and oxygen atoms in total. The Morgan fingerprint density at radius 2 is 1.86 bits per heavy atom. The number of aliphatic hydroxyl groups is 1. The van der Waals surface area contributed by atoms with Crippen LogP contribution >= 0.6 is 0 Å². The molecule has 1 amide bonds. The quantitative estimate of drug-likeness (QED) is 0.615. The number of amides is 1. The number of aliphatic hydroxyl groups excluding tert-OH is 1. The summed E-state index contributed by atoms with van der Waals surface area (Å²) in [7, 11) is 0. The number of carbonyl (C=O) groups is 1. The number of aromatic nitrogens is 3. The maximum absolute atomic E-state index is 12.7. The molecule has 2 N–H and O–H groups in total. The van der Waals surface area contributed by atoms with Crippen LogP contribution in [0.15, 0.2) is 48.5 Å². The SMILES string of the molecule is Cc1ccc(-n2nc(CO)c(C(=O)N[C@@H](C)CCCc3ccccc3)n2)cc1C. The highest BCUT2D eigenvalue weighted by atomic mass is 16.3. The van der Waals surface area contributed by atoms with Crippen LogP contribution in [0.3, 0.4) is 0 Å². The first-order valence-electron chi connectivity index (χ1n) is 9.97. The summed E-state index contributed by atoms with van der Waals surface area (Å²) in [5.41, 5.74) is 4.79. The van der Waals surface area contributed by atoms with Gasteiger partial charge in [-0.1, -0.05) is 36.4 Å². The van der Waals surface area contributed by atoms with E-state index in [2.05, 4.69) is 27.6 Å². The molecule has 1 aromatic heterocycles. The summed E-state index contributed by atoms with van der Waals surface area (Å²) < 4.78 is 0. The minimum absolute atomic E-state index is 0.00419. The molecule has 0 aliphatic rings. The van der Waals surface area contributed by atoms with Gasteiger partial charge < -0.3 is 10.4 Å². The molecule has 0 aliphatic heterocycles. The Bertz CT molecular complexity index is 966. The summed E-state index contributed by atoms with van der Waals surface area (Å²) in [4.78, 5) is 14.1. The van der Waals surface area contributed by atoms with Crippen LogP contribution < -0.4 is 5.32 Å². The third-order valence-electron chi connectivity index (χ3n) is 5.09. The molecule has 6 heteroatoms. The molecule has 29 heavy (non-hydrogen) atoms. The highest BCUT2D eigenvalue weighted by molar-refractivity contribution is 5.93. The Hall–Kier alpha value is -2.99. The van der Waals surface area contributed by atoms with Crippen LogP contribution in [0, 0.1) is 13.8 Å². The van der Waals surface area contributed by atoms with Crippen molar-refractivity contribution in [1.29, 1.82) is 0 Å². The minimum atomic E-state index is -0.337. The van der Waals surface area contributed by atoms with E-state index in [9.17, 15) is 9.90 Å². The van der Waals surface area contributed by atoms with Crippen molar-refractivity contribution in [2.24, 2.45) is 0 Å². The molecule has 0 fully saturated rings. The van der Waals surface area contributed by atoms with E-state index in [0.717, 1.165) is 30.5 Å². The van der Waals surface area contributed by atoms with Crippen LogP contribution in [-0.4, -0.2) is 32.0 Å². The molecule has 3 aromatic rings. The van der Waals surface area contributed by atoms with E-state index in [1.54, 1.807) is 0 Å². The Morgan fingerprint density at radius 1 is 1.10 bits per heavy atom. The van der Waals surface area contributed by atoms with Crippen LogP contribution in [-0.2, 0) is 13.0 Å². The molecular weight excluding hydrogens is 364 g/mol. The minimum Gasteiger partial charge on any atom is -0.390 e. The van der Waals surface area contributed by atoms with Crippen molar-refractivity contribution in [2.75, 3.05) is 0 Å². The molecule has 0 aliphatic carbocycles. The summed E-state index contributed by atoms with van der Waals surface area (Å²) >= 11 is 0. The van der Waals surface area contributed by atoms with Crippen molar-refractivity contribution in [3.05, 3.63) is 76.6 Å². The Labute approximate surface area is 171 Å². The lowest BCUT2D eigenvalue weighted by Gasteiger charge is -2.13. The van der Waals surface area contributed by atoms with Gasteiger partial charge in [0.2, 0.25) is 0 Å². The van der Waals surface area contributed by atoms with Gasteiger partial charge in [-0.05, 0) is 68.9 Å². The average Bonchev–Trinajstić information content (AvgIpc) is 3.15. The van der Waals surface area contributed by atoms with E-state index in [1.165, 1.54) is 15.9 Å². The van der Waals surface area contributed by atoms with Gasteiger partial charge in [0, 0.05) is 6.04 Å². The second-order valence-corrected chi connectivity index (χ2v) is 7.46. The molecule has 0 bridgehead atoms. The van der Waals surface area contributed by atoms with E-state index < -0.39 is 0 Å². The summed E-state index contributed by atoms with van der Waals surface area (Å²) in [6.07, 6.45) is 2.82. The first-order chi connectivity index (χ1) is 14.0. The third kappa shape index (κ3) is 5.29. The number of benzene rings is 2. The maximum atomic E-state index is 12.7. The molecule has 1 heterocycles. The average molecular weight is 393 g/mol.